The van der Waals surface area contributed by atoms with E-state index in [4.69, 9.17) is 4.84 Å². The van der Waals surface area contributed by atoms with Crippen molar-refractivity contribution in [2.75, 3.05) is 0 Å². The van der Waals surface area contributed by atoms with Crippen LogP contribution in [0.3, 0.4) is 0 Å². The van der Waals surface area contributed by atoms with E-state index in [1.165, 1.54) is 5.56 Å². The zero-order valence-corrected chi connectivity index (χ0v) is 10.6. The molecule has 0 atom stereocenters. The maximum absolute atomic E-state index is 5.83. The standard InChI is InChI=1S/C14H23NO/c1-4-14(5-2,6-3)16-15-12-13-10-8-7-9-11-13/h7-11,15H,4-6,12H2,1-3H3. The fraction of sp³-hybridized carbons (Fsp3) is 0.571. The van der Waals surface area contributed by atoms with Gasteiger partial charge < -0.3 is 0 Å². The maximum Gasteiger partial charge on any atom is 0.0889 e. The highest BCUT2D eigenvalue weighted by Crippen LogP contribution is 2.23. The van der Waals surface area contributed by atoms with Crippen molar-refractivity contribution in [2.24, 2.45) is 0 Å². The lowest BCUT2D eigenvalue weighted by Gasteiger charge is -2.30. The van der Waals surface area contributed by atoms with E-state index in [1.54, 1.807) is 0 Å². The first-order chi connectivity index (χ1) is 7.76. The van der Waals surface area contributed by atoms with Crippen molar-refractivity contribution < 1.29 is 4.84 Å². The van der Waals surface area contributed by atoms with Gasteiger partial charge in [0.15, 0.2) is 0 Å². The Morgan fingerprint density at radius 2 is 1.56 bits per heavy atom. The van der Waals surface area contributed by atoms with Gasteiger partial charge in [-0.05, 0) is 24.8 Å². The number of hydroxylamine groups is 1. The van der Waals surface area contributed by atoms with Crippen molar-refractivity contribution in [3.05, 3.63) is 35.9 Å². The van der Waals surface area contributed by atoms with Crippen molar-refractivity contribution in [1.29, 1.82) is 0 Å². The highest BCUT2D eigenvalue weighted by atomic mass is 16.7. The summed E-state index contributed by atoms with van der Waals surface area (Å²) in [6.45, 7) is 7.30. The third kappa shape index (κ3) is 3.62. The van der Waals surface area contributed by atoms with E-state index in [0.717, 1.165) is 25.8 Å². The van der Waals surface area contributed by atoms with Crippen LogP contribution in [0.25, 0.3) is 0 Å². The normalized spacial score (nSPS) is 11.7. The second kappa shape index (κ2) is 6.66. The average Bonchev–Trinajstić information content (AvgIpc) is 2.37. The molecule has 0 aliphatic rings. The molecule has 0 fully saturated rings. The minimum Gasteiger partial charge on any atom is -0.295 e. The lowest BCUT2D eigenvalue weighted by Crippen LogP contribution is -2.36. The van der Waals surface area contributed by atoms with Crippen molar-refractivity contribution in [3.63, 3.8) is 0 Å². The van der Waals surface area contributed by atoms with Gasteiger partial charge in [0.05, 0.1) is 5.60 Å². The molecule has 0 saturated heterocycles. The molecule has 0 aliphatic heterocycles. The SMILES string of the molecule is CCC(CC)(CC)ONCc1ccccc1. The summed E-state index contributed by atoms with van der Waals surface area (Å²) >= 11 is 0. The molecular weight excluding hydrogens is 198 g/mol. The number of rotatable bonds is 7. The summed E-state index contributed by atoms with van der Waals surface area (Å²) in [6.07, 6.45) is 3.13. The molecule has 2 heteroatoms. The lowest BCUT2D eigenvalue weighted by atomic mass is 9.94. The molecule has 0 heterocycles. The van der Waals surface area contributed by atoms with E-state index in [-0.39, 0.29) is 5.60 Å². The van der Waals surface area contributed by atoms with Crippen LogP contribution in [0.1, 0.15) is 45.6 Å². The van der Waals surface area contributed by atoms with Crippen LogP contribution in [0.4, 0.5) is 0 Å². The molecular formula is C14H23NO. The molecule has 2 nitrogen and oxygen atoms in total. The third-order valence-electron chi connectivity index (χ3n) is 3.34. The molecule has 0 amide bonds. The molecule has 0 aliphatic carbocycles. The van der Waals surface area contributed by atoms with Crippen molar-refractivity contribution in [3.8, 4) is 0 Å². The van der Waals surface area contributed by atoms with Crippen LogP contribution in [-0.2, 0) is 11.4 Å². The fourth-order valence-corrected chi connectivity index (χ4v) is 1.83. The predicted octanol–water partition coefficient (Wildman–Crippen LogP) is 3.68. The number of nitrogens with one attached hydrogen (secondary N) is 1. The summed E-state index contributed by atoms with van der Waals surface area (Å²) in [5, 5.41) is 0. The minimum absolute atomic E-state index is 0.00518. The molecule has 0 aromatic heterocycles. The summed E-state index contributed by atoms with van der Waals surface area (Å²) in [7, 11) is 0. The highest BCUT2D eigenvalue weighted by molar-refractivity contribution is 5.13. The summed E-state index contributed by atoms with van der Waals surface area (Å²) in [6, 6.07) is 10.3. The molecule has 0 saturated carbocycles. The predicted molar refractivity (Wildman–Crippen MR) is 68.0 cm³/mol. The van der Waals surface area contributed by atoms with E-state index in [9.17, 15) is 0 Å². The van der Waals surface area contributed by atoms with Crippen molar-refractivity contribution >= 4 is 0 Å². The Labute approximate surface area is 99.0 Å². The molecule has 0 bridgehead atoms. The first-order valence-electron chi connectivity index (χ1n) is 6.21. The average molecular weight is 221 g/mol. The van der Waals surface area contributed by atoms with Gasteiger partial charge in [-0.1, -0.05) is 51.1 Å². The van der Waals surface area contributed by atoms with Crippen LogP contribution in [0.2, 0.25) is 0 Å². The van der Waals surface area contributed by atoms with Gasteiger partial charge in [-0.25, -0.2) is 0 Å². The van der Waals surface area contributed by atoms with Gasteiger partial charge >= 0.3 is 0 Å². The molecule has 0 unspecified atom stereocenters. The molecule has 1 aromatic rings. The zero-order valence-electron chi connectivity index (χ0n) is 10.6. The van der Waals surface area contributed by atoms with Gasteiger partial charge in [-0.2, -0.15) is 5.48 Å². The lowest BCUT2D eigenvalue weighted by molar-refractivity contribution is -0.116. The van der Waals surface area contributed by atoms with E-state index >= 15 is 0 Å². The third-order valence-corrected chi connectivity index (χ3v) is 3.34. The Morgan fingerprint density at radius 3 is 2.06 bits per heavy atom. The van der Waals surface area contributed by atoms with Gasteiger partial charge in [-0.15, -0.1) is 0 Å². The summed E-state index contributed by atoms with van der Waals surface area (Å²) in [4.78, 5) is 5.83. The monoisotopic (exact) mass is 221 g/mol. The van der Waals surface area contributed by atoms with Crippen LogP contribution in [-0.4, -0.2) is 5.60 Å². The van der Waals surface area contributed by atoms with E-state index in [0.29, 0.717) is 0 Å². The van der Waals surface area contributed by atoms with Crippen LogP contribution in [0, 0.1) is 0 Å². The van der Waals surface area contributed by atoms with Gasteiger partial charge in [0.1, 0.15) is 0 Å². The van der Waals surface area contributed by atoms with Crippen molar-refractivity contribution in [2.45, 2.75) is 52.2 Å². The molecule has 0 radical (unpaired) electrons. The number of hydrogen-bond donors (Lipinski definition) is 1. The zero-order chi connectivity index (χ0) is 11.9. The quantitative estimate of drug-likeness (QED) is 0.709. The number of hydrogen-bond acceptors (Lipinski definition) is 2. The summed E-state index contributed by atoms with van der Waals surface area (Å²) < 4.78 is 0. The second-order valence-corrected chi connectivity index (χ2v) is 4.15. The summed E-state index contributed by atoms with van der Waals surface area (Å²) in [5.41, 5.74) is 4.34. The molecule has 0 spiro atoms. The topological polar surface area (TPSA) is 21.3 Å². The fourth-order valence-electron chi connectivity index (χ4n) is 1.83. The molecule has 1 N–H and O–H groups in total. The largest absolute Gasteiger partial charge is 0.295 e. The molecule has 1 rings (SSSR count). The van der Waals surface area contributed by atoms with Gasteiger partial charge in [-0.3, -0.25) is 4.84 Å². The van der Waals surface area contributed by atoms with Crippen LogP contribution < -0.4 is 5.48 Å². The van der Waals surface area contributed by atoms with E-state index < -0.39 is 0 Å². The maximum atomic E-state index is 5.83. The first-order valence-corrected chi connectivity index (χ1v) is 6.21. The van der Waals surface area contributed by atoms with Crippen LogP contribution in [0.5, 0.6) is 0 Å². The van der Waals surface area contributed by atoms with E-state index in [1.807, 2.05) is 18.2 Å². The van der Waals surface area contributed by atoms with Crippen LogP contribution >= 0.6 is 0 Å². The highest BCUT2D eigenvalue weighted by Gasteiger charge is 2.24. The van der Waals surface area contributed by atoms with E-state index in [2.05, 4.69) is 38.4 Å². The minimum atomic E-state index is -0.00518. The molecule has 1 aromatic carbocycles. The van der Waals surface area contributed by atoms with Gasteiger partial charge in [0, 0.05) is 6.54 Å². The molecule has 16 heavy (non-hydrogen) atoms. The number of benzene rings is 1. The molecule has 90 valence electrons. The Balaban J connectivity index is 2.39. The Bertz CT molecular complexity index is 272. The smallest absolute Gasteiger partial charge is 0.0889 e. The Kier molecular flexibility index (Phi) is 5.50. The van der Waals surface area contributed by atoms with Crippen molar-refractivity contribution in [1.82, 2.24) is 5.48 Å². The van der Waals surface area contributed by atoms with Crippen LogP contribution in [0.15, 0.2) is 30.3 Å². The second-order valence-electron chi connectivity index (χ2n) is 4.15. The Morgan fingerprint density at radius 1 is 1.00 bits per heavy atom. The van der Waals surface area contributed by atoms with Gasteiger partial charge in [0.2, 0.25) is 0 Å². The summed E-state index contributed by atoms with van der Waals surface area (Å²) in [5.74, 6) is 0. The van der Waals surface area contributed by atoms with Gasteiger partial charge in [0.25, 0.3) is 0 Å². The first kappa shape index (κ1) is 13.2. The Hall–Kier alpha value is -0.860.